The monoisotopic (exact) mass is 247 g/mol. The van der Waals surface area contributed by atoms with Crippen molar-refractivity contribution in [1.29, 1.82) is 0 Å². The maximum absolute atomic E-state index is 5.82. The van der Waals surface area contributed by atoms with Crippen LogP contribution in [0, 0.1) is 0 Å². The first-order chi connectivity index (χ1) is 9.38. The highest BCUT2D eigenvalue weighted by Gasteiger charge is 2.05. The minimum atomic E-state index is 0.589. The molecule has 0 unspecified atom stereocenters. The predicted molar refractivity (Wildman–Crippen MR) is 81.1 cm³/mol. The van der Waals surface area contributed by atoms with Gasteiger partial charge in [0.15, 0.2) is 0 Å². The number of nitrogens with two attached hydrogens (primary N) is 1. The summed E-state index contributed by atoms with van der Waals surface area (Å²) < 4.78 is 0. The van der Waals surface area contributed by atoms with Crippen LogP contribution in [-0.2, 0) is 13.0 Å². The predicted octanol–water partition coefficient (Wildman–Crippen LogP) is 3.89. The summed E-state index contributed by atoms with van der Waals surface area (Å²) in [5, 5.41) is 2.59. The van der Waals surface area contributed by atoms with Crippen LogP contribution in [0.5, 0.6) is 0 Å². The highest BCUT2D eigenvalue weighted by molar-refractivity contribution is 5.89. The Balaban J connectivity index is 2.10. The maximum atomic E-state index is 5.82. The Hall–Kier alpha value is -2.12. The average molecular weight is 247 g/mol. The van der Waals surface area contributed by atoms with Gasteiger partial charge in [0.2, 0.25) is 0 Å². The molecule has 0 aliphatic carbocycles. The fraction of sp³-hybridized carbons (Fsp3) is 0.111. The van der Waals surface area contributed by atoms with E-state index in [2.05, 4.69) is 66.7 Å². The number of hydrogen-bond donors (Lipinski definition) is 1. The van der Waals surface area contributed by atoms with E-state index in [-0.39, 0.29) is 0 Å². The molecule has 1 nitrogen and oxygen atoms in total. The van der Waals surface area contributed by atoms with E-state index in [1.54, 1.807) is 0 Å². The largest absolute Gasteiger partial charge is 0.326 e. The fourth-order valence-corrected chi connectivity index (χ4v) is 2.57. The van der Waals surface area contributed by atoms with E-state index in [0.29, 0.717) is 6.54 Å². The van der Waals surface area contributed by atoms with Crippen molar-refractivity contribution in [2.75, 3.05) is 0 Å². The third kappa shape index (κ3) is 2.38. The second-order valence-corrected chi connectivity index (χ2v) is 4.80. The quantitative estimate of drug-likeness (QED) is 0.746. The first-order valence-corrected chi connectivity index (χ1v) is 6.62. The van der Waals surface area contributed by atoms with E-state index < -0.39 is 0 Å². The van der Waals surface area contributed by atoms with E-state index in [9.17, 15) is 0 Å². The minimum absolute atomic E-state index is 0.589. The van der Waals surface area contributed by atoms with E-state index in [1.807, 2.05) is 0 Å². The van der Waals surface area contributed by atoms with Gasteiger partial charge in [-0.05, 0) is 33.9 Å². The molecule has 0 aliphatic rings. The molecule has 0 atom stereocenters. The van der Waals surface area contributed by atoms with Gasteiger partial charge in [0.25, 0.3) is 0 Å². The topological polar surface area (TPSA) is 26.0 Å². The summed E-state index contributed by atoms with van der Waals surface area (Å²) in [7, 11) is 0. The van der Waals surface area contributed by atoms with Gasteiger partial charge in [-0.3, -0.25) is 0 Å². The van der Waals surface area contributed by atoms with Crippen LogP contribution in [0.15, 0.2) is 66.7 Å². The standard InChI is InChI=1S/C18H17N/c19-13-16-11-10-15(12-14-6-2-1-3-7-14)17-8-4-5-9-18(16)17/h1-11H,12-13,19H2. The van der Waals surface area contributed by atoms with Crippen molar-refractivity contribution in [2.45, 2.75) is 13.0 Å². The summed E-state index contributed by atoms with van der Waals surface area (Å²) in [5.74, 6) is 0. The molecule has 94 valence electrons. The molecule has 3 aromatic carbocycles. The van der Waals surface area contributed by atoms with Gasteiger partial charge in [-0.1, -0.05) is 66.7 Å². The van der Waals surface area contributed by atoms with Crippen LogP contribution in [0.2, 0.25) is 0 Å². The minimum Gasteiger partial charge on any atom is -0.326 e. The molecule has 0 bridgehead atoms. The lowest BCUT2D eigenvalue weighted by molar-refractivity contribution is 1.08. The third-order valence-electron chi connectivity index (χ3n) is 3.56. The van der Waals surface area contributed by atoms with Gasteiger partial charge >= 0.3 is 0 Å². The lowest BCUT2D eigenvalue weighted by Crippen LogP contribution is -1.99. The molecule has 0 saturated carbocycles. The number of rotatable bonds is 3. The molecule has 0 aliphatic heterocycles. The van der Waals surface area contributed by atoms with Crippen molar-refractivity contribution >= 4 is 10.8 Å². The van der Waals surface area contributed by atoms with Gasteiger partial charge in [0.05, 0.1) is 0 Å². The summed E-state index contributed by atoms with van der Waals surface area (Å²) in [5.41, 5.74) is 9.73. The molecule has 3 aromatic rings. The molecule has 3 rings (SSSR count). The zero-order valence-corrected chi connectivity index (χ0v) is 10.8. The molecule has 19 heavy (non-hydrogen) atoms. The Morgan fingerprint density at radius 1 is 0.632 bits per heavy atom. The highest BCUT2D eigenvalue weighted by Crippen LogP contribution is 2.24. The van der Waals surface area contributed by atoms with E-state index >= 15 is 0 Å². The molecule has 1 heteroatoms. The first kappa shape index (κ1) is 11.9. The molecule has 0 aromatic heterocycles. The zero-order valence-electron chi connectivity index (χ0n) is 10.8. The number of hydrogen-bond acceptors (Lipinski definition) is 1. The van der Waals surface area contributed by atoms with Crippen molar-refractivity contribution in [3.63, 3.8) is 0 Å². The Bertz CT molecular complexity index is 686. The van der Waals surface area contributed by atoms with Gasteiger partial charge in [0.1, 0.15) is 0 Å². The van der Waals surface area contributed by atoms with Crippen molar-refractivity contribution in [3.8, 4) is 0 Å². The number of fused-ring (bicyclic) bond motifs is 1. The smallest absolute Gasteiger partial charge is 0.0184 e. The molecular formula is C18H17N. The van der Waals surface area contributed by atoms with Gasteiger partial charge in [-0.25, -0.2) is 0 Å². The summed E-state index contributed by atoms with van der Waals surface area (Å²) >= 11 is 0. The van der Waals surface area contributed by atoms with Gasteiger partial charge in [-0.15, -0.1) is 0 Å². The molecule has 0 radical (unpaired) electrons. The van der Waals surface area contributed by atoms with E-state index in [4.69, 9.17) is 5.73 Å². The van der Waals surface area contributed by atoms with Crippen molar-refractivity contribution < 1.29 is 0 Å². The molecule has 0 saturated heterocycles. The van der Waals surface area contributed by atoms with Gasteiger partial charge < -0.3 is 5.73 Å². The lowest BCUT2D eigenvalue weighted by Gasteiger charge is -2.10. The molecular weight excluding hydrogens is 230 g/mol. The van der Waals surface area contributed by atoms with Crippen LogP contribution >= 0.6 is 0 Å². The van der Waals surface area contributed by atoms with Gasteiger partial charge in [0, 0.05) is 6.54 Å². The molecule has 0 spiro atoms. The van der Waals surface area contributed by atoms with Gasteiger partial charge in [-0.2, -0.15) is 0 Å². The first-order valence-electron chi connectivity index (χ1n) is 6.62. The molecule has 2 N–H and O–H groups in total. The Morgan fingerprint density at radius 3 is 1.89 bits per heavy atom. The summed E-state index contributed by atoms with van der Waals surface area (Å²) in [4.78, 5) is 0. The summed E-state index contributed by atoms with van der Waals surface area (Å²) in [6, 6.07) is 23.5. The summed E-state index contributed by atoms with van der Waals surface area (Å²) in [6.45, 7) is 0.589. The Kier molecular flexibility index (Phi) is 3.30. The lowest BCUT2D eigenvalue weighted by atomic mass is 9.95. The van der Waals surface area contributed by atoms with E-state index in [0.717, 1.165) is 6.42 Å². The van der Waals surface area contributed by atoms with Crippen LogP contribution in [-0.4, -0.2) is 0 Å². The van der Waals surface area contributed by atoms with Crippen molar-refractivity contribution in [3.05, 3.63) is 83.4 Å². The summed E-state index contributed by atoms with van der Waals surface area (Å²) in [6.07, 6.45) is 0.964. The van der Waals surface area contributed by atoms with Crippen LogP contribution < -0.4 is 5.73 Å². The third-order valence-corrected chi connectivity index (χ3v) is 3.56. The second-order valence-electron chi connectivity index (χ2n) is 4.80. The number of benzene rings is 3. The molecule has 0 fully saturated rings. The SMILES string of the molecule is NCc1ccc(Cc2ccccc2)c2ccccc12. The zero-order chi connectivity index (χ0) is 13.1. The second kappa shape index (κ2) is 5.25. The normalized spacial score (nSPS) is 10.8. The van der Waals surface area contributed by atoms with Crippen molar-refractivity contribution in [2.24, 2.45) is 5.73 Å². The molecule has 0 amide bonds. The van der Waals surface area contributed by atoms with Crippen LogP contribution in [0.25, 0.3) is 10.8 Å². The van der Waals surface area contributed by atoms with Crippen LogP contribution in [0.4, 0.5) is 0 Å². The van der Waals surface area contributed by atoms with Crippen molar-refractivity contribution in [1.82, 2.24) is 0 Å². The highest BCUT2D eigenvalue weighted by atomic mass is 14.5. The Labute approximate surface area is 113 Å². The van der Waals surface area contributed by atoms with Crippen LogP contribution in [0.3, 0.4) is 0 Å². The fourth-order valence-electron chi connectivity index (χ4n) is 2.57. The molecule has 0 heterocycles. The average Bonchev–Trinajstić information content (AvgIpc) is 2.49. The Morgan fingerprint density at radius 2 is 1.21 bits per heavy atom. The van der Waals surface area contributed by atoms with E-state index in [1.165, 1.54) is 27.5 Å². The maximum Gasteiger partial charge on any atom is 0.0184 e. The van der Waals surface area contributed by atoms with Crippen LogP contribution in [0.1, 0.15) is 16.7 Å².